The summed E-state index contributed by atoms with van der Waals surface area (Å²) in [5, 5.41) is 4.67. The Balaban J connectivity index is 1.27. The molecule has 5 rings (SSSR count). The van der Waals surface area contributed by atoms with E-state index in [0.29, 0.717) is 18.0 Å². The summed E-state index contributed by atoms with van der Waals surface area (Å²) in [7, 11) is 1.41. The lowest BCUT2D eigenvalue weighted by Gasteiger charge is -2.33. The third-order valence-corrected chi connectivity index (χ3v) is 7.89. The molecule has 40 heavy (non-hydrogen) atoms. The molecule has 3 aromatic carbocycles. The maximum Gasteiger partial charge on any atom is 0.337 e. The number of fused-ring (bicyclic) bond motifs is 1. The quantitative estimate of drug-likeness (QED) is 0.279. The second kappa shape index (κ2) is 11.7. The second-order valence-electron chi connectivity index (χ2n) is 11.8. The van der Waals surface area contributed by atoms with Crippen LogP contribution in [0.15, 0.2) is 79.0 Å². The molecule has 208 valence electrons. The molecule has 1 fully saturated rings. The van der Waals surface area contributed by atoms with Crippen LogP contribution in [0.5, 0.6) is 0 Å². The fraction of sp³-hybridized carbons (Fsp3) is 0.353. The van der Waals surface area contributed by atoms with Crippen molar-refractivity contribution in [2.24, 2.45) is 5.92 Å². The lowest BCUT2D eigenvalue weighted by atomic mass is 9.86. The Morgan fingerprint density at radius 1 is 0.975 bits per heavy atom. The van der Waals surface area contributed by atoms with E-state index < -0.39 is 0 Å². The third kappa shape index (κ3) is 5.97. The van der Waals surface area contributed by atoms with Gasteiger partial charge in [-0.1, -0.05) is 51.1 Å². The number of amides is 1. The molecule has 0 aliphatic carbocycles. The predicted octanol–water partition coefficient (Wildman–Crippen LogP) is 6.36. The first-order valence-electron chi connectivity index (χ1n) is 14.1. The van der Waals surface area contributed by atoms with Crippen LogP contribution in [-0.2, 0) is 16.7 Å². The Bertz CT molecular complexity index is 1480. The summed E-state index contributed by atoms with van der Waals surface area (Å²) >= 11 is 0. The van der Waals surface area contributed by atoms with Gasteiger partial charge in [0.15, 0.2) is 0 Å². The number of carbonyl (C=O) groups excluding carboxylic acids is 2. The summed E-state index contributed by atoms with van der Waals surface area (Å²) in [6, 6.07) is 24.0. The Morgan fingerprint density at radius 3 is 2.40 bits per heavy atom. The number of aromatic nitrogens is 1. The fourth-order valence-electron chi connectivity index (χ4n) is 5.61. The molecule has 1 aliphatic heterocycles. The molecular weight excluding hydrogens is 498 g/mol. The van der Waals surface area contributed by atoms with Crippen LogP contribution in [0.3, 0.4) is 0 Å². The number of benzene rings is 3. The number of likely N-dealkylation sites (tertiary alicyclic amines) is 1. The molecule has 1 aliphatic rings. The number of esters is 1. The third-order valence-electron chi connectivity index (χ3n) is 7.89. The molecular formula is C34H39N3O3. The number of carbonyl (C=O) groups is 2. The first-order valence-corrected chi connectivity index (χ1v) is 14.1. The van der Waals surface area contributed by atoms with Gasteiger partial charge in [-0.05, 0) is 84.3 Å². The molecule has 2 heterocycles. The van der Waals surface area contributed by atoms with Crippen LogP contribution < -0.4 is 5.32 Å². The molecule has 6 nitrogen and oxygen atoms in total. The molecule has 0 spiro atoms. The lowest BCUT2D eigenvalue weighted by Crippen LogP contribution is -2.42. The molecule has 1 atom stereocenters. The van der Waals surface area contributed by atoms with Crippen molar-refractivity contribution < 1.29 is 14.3 Å². The maximum atomic E-state index is 13.3. The van der Waals surface area contributed by atoms with Gasteiger partial charge >= 0.3 is 5.97 Å². The van der Waals surface area contributed by atoms with Crippen molar-refractivity contribution in [1.82, 2.24) is 14.8 Å². The van der Waals surface area contributed by atoms with Crippen molar-refractivity contribution in [2.75, 3.05) is 26.7 Å². The molecule has 0 bridgehead atoms. The summed E-state index contributed by atoms with van der Waals surface area (Å²) < 4.78 is 7.13. The van der Waals surface area contributed by atoms with Gasteiger partial charge in [0.25, 0.3) is 5.91 Å². The molecule has 1 unspecified atom stereocenters. The summed E-state index contributed by atoms with van der Waals surface area (Å²) in [5.74, 6) is 0.166. The highest BCUT2D eigenvalue weighted by Gasteiger charge is 2.25. The Labute approximate surface area is 236 Å². The average molecular weight is 538 g/mol. The molecule has 1 saturated heterocycles. The van der Waals surface area contributed by atoms with Gasteiger partial charge in [0.2, 0.25) is 0 Å². The Hall–Kier alpha value is -3.90. The van der Waals surface area contributed by atoms with Crippen molar-refractivity contribution in [3.05, 3.63) is 101 Å². The number of methoxy groups -OCH3 is 1. The number of para-hydroxylation sites is 1. The van der Waals surface area contributed by atoms with Crippen molar-refractivity contribution in [1.29, 1.82) is 0 Å². The highest BCUT2D eigenvalue weighted by molar-refractivity contribution is 5.96. The van der Waals surface area contributed by atoms with E-state index in [1.54, 1.807) is 0 Å². The van der Waals surface area contributed by atoms with E-state index >= 15 is 0 Å². The Morgan fingerprint density at radius 2 is 1.70 bits per heavy atom. The topological polar surface area (TPSA) is 63.6 Å². The van der Waals surface area contributed by atoms with E-state index in [-0.39, 0.29) is 17.3 Å². The first-order chi connectivity index (χ1) is 19.2. The standard InChI is InChI=1S/C34H39N3O3/c1-34(2,3)28-15-12-25(13-16-28)32(38)36-18-8-9-24(22-36)20-35-21-27-23-37(29-10-6-5-7-11-29)31-17-14-26(19-30(27)31)33(39)40-4/h5-7,10-17,19,23-24,35H,8-9,18,20-22H2,1-4H3. The van der Waals surface area contributed by atoms with Crippen LogP contribution in [-0.4, -0.2) is 48.1 Å². The minimum atomic E-state index is -0.340. The lowest BCUT2D eigenvalue weighted by molar-refractivity contribution is 0.0600. The van der Waals surface area contributed by atoms with Gasteiger partial charge < -0.3 is 19.5 Å². The fourth-order valence-corrected chi connectivity index (χ4v) is 5.61. The zero-order chi connectivity index (χ0) is 28.3. The Kier molecular flexibility index (Phi) is 8.08. The zero-order valence-corrected chi connectivity index (χ0v) is 23.9. The van der Waals surface area contributed by atoms with Crippen LogP contribution >= 0.6 is 0 Å². The number of hydrogen-bond donors (Lipinski definition) is 1. The van der Waals surface area contributed by atoms with Crippen molar-refractivity contribution in [2.45, 2.75) is 45.6 Å². The summed E-state index contributed by atoms with van der Waals surface area (Å²) in [6.07, 6.45) is 4.25. The number of hydrogen-bond acceptors (Lipinski definition) is 4. The molecule has 1 amide bonds. The highest BCUT2D eigenvalue weighted by Crippen LogP contribution is 2.27. The van der Waals surface area contributed by atoms with Crippen LogP contribution in [0.4, 0.5) is 0 Å². The van der Waals surface area contributed by atoms with E-state index in [1.807, 2.05) is 53.4 Å². The highest BCUT2D eigenvalue weighted by atomic mass is 16.5. The van der Waals surface area contributed by atoms with Gasteiger partial charge in [-0.25, -0.2) is 4.79 Å². The summed E-state index contributed by atoms with van der Waals surface area (Å²) in [4.78, 5) is 27.5. The van der Waals surface area contributed by atoms with Gasteiger partial charge in [-0.3, -0.25) is 4.79 Å². The number of rotatable bonds is 7. The molecule has 4 aromatic rings. The van der Waals surface area contributed by atoms with Gasteiger partial charge in [0.05, 0.1) is 18.2 Å². The average Bonchev–Trinajstić information content (AvgIpc) is 3.34. The first kappa shape index (κ1) is 27.7. The molecule has 1 N–H and O–H groups in total. The van der Waals surface area contributed by atoms with Crippen molar-refractivity contribution in [3.8, 4) is 5.69 Å². The zero-order valence-electron chi connectivity index (χ0n) is 23.9. The van der Waals surface area contributed by atoms with E-state index in [0.717, 1.165) is 60.2 Å². The number of nitrogens with zero attached hydrogens (tertiary/aromatic N) is 2. The van der Waals surface area contributed by atoms with E-state index in [4.69, 9.17) is 4.74 Å². The summed E-state index contributed by atoms with van der Waals surface area (Å²) in [5.41, 5.74) is 5.84. The number of ether oxygens (including phenoxy) is 1. The van der Waals surface area contributed by atoms with E-state index in [2.05, 4.69) is 61.1 Å². The van der Waals surface area contributed by atoms with E-state index in [9.17, 15) is 9.59 Å². The van der Waals surface area contributed by atoms with Crippen LogP contribution in [0.2, 0.25) is 0 Å². The maximum absolute atomic E-state index is 13.3. The largest absolute Gasteiger partial charge is 0.465 e. The molecule has 0 radical (unpaired) electrons. The number of piperidine rings is 1. The number of nitrogens with one attached hydrogen (secondary N) is 1. The van der Waals surface area contributed by atoms with E-state index in [1.165, 1.54) is 12.7 Å². The van der Waals surface area contributed by atoms with Gasteiger partial charge in [-0.2, -0.15) is 0 Å². The minimum absolute atomic E-state index is 0.0672. The molecule has 1 aromatic heterocycles. The van der Waals surface area contributed by atoms with Crippen molar-refractivity contribution in [3.63, 3.8) is 0 Å². The predicted molar refractivity (Wildman–Crippen MR) is 160 cm³/mol. The second-order valence-corrected chi connectivity index (χ2v) is 11.8. The van der Waals surface area contributed by atoms with Crippen LogP contribution in [0.25, 0.3) is 16.6 Å². The minimum Gasteiger partial charge on any atom is -0.465 e. The summed E-state index contributed by atoms with van der Waals surface area (Å²) in [6.45, 7) is 9.60. The van der Waals surface area contributed by atoms with Crippen LogP contribution in [0.1, 0.15) is 65.5 Å². The molecule has 6 heteroatoms. The smallest absolute Gasteiger partial charge is 0.337 e. The van der Waals surface area contributed by atoms with Crippen molar-refractivity contribution >= 4 is 22.8 Å². The normalized spacial score (nSPS) is 15.8. The monoisotopic (exact) mass is 537 g/mol. The molecule has 0 saturated carbocycles. The van der Waals surface area contributed by atoms with Gasteiger partial charge in [0.1, 0.15) is 0 Å². The van der Waals surface area contributed by atoms with Gasteiger partial charge in [0, 0.05) is 42.5 Å². The SMILES string of the molecule is COC(=O)c1ccc2c(c1)c(CNCC1CCCN(C(=O)c3ccc(C(C)(C)C)cc3)C1)cn2-c1ccccc1. The van der Waals surface area contributed by atoms with Crippen LogP contribution in [0, 0.1) is 5.92 Å². The van der Waals surface area contributed by atoms with Gasteiger partial charge in [-0.15, -0.1) is 0 Å².